The van der Waals surface area contributed by atoms with E-state index in [0.717, 1.165) is 16.7 Å². The van der Waals surface area contributed by atoms with E-state index in [0.29, 0.717) is 5.92 Å². The van der Waals surface area contributed by atoms with E-state index < -0.39 is 0 Å². The number of rotatable bonds is 1. The lowest BCUT2D eigenvalue weighted by atomic mass is 10.0. The van der Waals surface area contributed by atoms with Gasteiger partial charge < -0.3 is 0 Å². The Labute approximate surface area is 97.7 Å². The number of fused-ring (bicyclic) bond motifs is 1. The van der Waals surface area contributed by atoms with Crippen molar-refractivity contribution in [3.8, 4) is 0 Å². The van der Waals surface area contributed by atoms with Crippen LogP contribution >= 0.6 is 0 Å². The molecular weight excluding hydrogens is 196 g/mol. The van der Waals surface area contributed by atoms with Gasteiger partial charge in [-0.05, 0) is 36.6 Å². The van der Waals surface area contributed by atoms with Gasteiger partial charge in [0.15, 0.2) is 0 Å². The molecule has 2 aromatic heterocycles. The Morgan fingerprint density at radius 2 is 1.75 bits per heavy atom. The molecule has 0 aliphatic carbocycles. The second kappa shape index (κ2) is 5.59. The minimum Gasteiger partial charge on any atom is -0.255 e. The average molecular weight is 216 g/mol. The highest BCUT2D eigenvalue weighted by Gasteiger charge is 2.06. The third-order valence-corrected chi connectivity index (χ3v) is 2.38. The van der Waals surface area contributed by atoms with Gasteiger partial charge in [-0.2, -0.15) is 0 Å². The lowest BCUT2D eigenvalue weighted by Crippen LogP contribution is -1.94. The van der Waals surface area contributed by atoms with Crippen LogP contribution in [-0.2, 0) is 0 Å². The number of pyridine rings is 2. The van der Waals surface area contributed by atoms with Crippen molar-refractivity contribution in [3.05, 3.63) is 35.7 Å². The van der Waals surface area contributed by atoms with E-state index >= 15 is 0 Å². The zero-order chi connectivity index (χ0) is 12.1. The number of aryl methyl sites for hydroxylation is 1. The van der Waals surface area contributed by atoms with Crippen molar-refractivity contribution >= 4 is 11.0 Å². The summed E-state index contributed by atoms with van der Waals surface area (Å²) in [5.74, 6) is 0.495. The molecule has 86 valence electrons. The van der Waals surface area contributed by atoms with Gasteiger partial charge in [0.05, 0.1) is 11.0 Å². The van der Waals surface area contributed by atoms with Crippen molar-refractivity contribution in [1.29, 1.82) is 0 Å². The Balaban J connectivity index is 0.000000606. The van der Waals surface area contributed by atoms with Crippen molar-refractivity contribution < 1.29 is 0 Å². The summed E-state index contributed by atoms with van der Waals surface area (Å²) in [4.78, 5) is 8.84. The van der Waals surface area contributed by atoms with Crippen LogP contribution in [0.25, 0.3) is 11.0 Å². The Morgan fingerprint density at radius 3 is 2.38 bits per heavy atom. The van der Waals surface area contributed by atoms with Crippen molar-refractivity contribution in [2.24, 2.45) is 0 Å². The van der Waals surface area contributed by atoms with Crippen LogP contribution in [0.1, 0.15) is 44.9 Å². The maximum atomic E-state index is 4.53. The van der Waals surface area contributed by atoms with Crippen LogP contribution in [0.4, 0.5) is 0 Å². The van der Waals surface area contributed by atoms with Crippen LogP contribution in [0.5, 0.6) is 0 Å². The summed E-state index contributed by atoms with van der Waals surface area (Å²) in [6.07, 6.45) is 1.86. The minimum atomic E-state index is 0.495. The number of nitrogens with zero attached hydrogens (tertiary/aromatic N) is 2. The fraction of sp³-hybridized carbons (Fsp3) is 0.429. The van der Waals surface area contributed by atoms with Crippen LogP contribution in [0.15, 0.2) is 24.4 Å². The fourth-order valence-electron chi connectivity index (χ4n) is 1.61. The molecule has 2 nitrogen and oxygen atoms in total. The molecule has 2 heteroatoms. The van der Waals surface area contributed by atoms with Crippen LogP contribution in [-0.4, -0.2) is 9.97 Å². The largest absolute Gasteiger partial charge is 0.255 e. The van der Waals surface area contributed by atoms with Gasteiger partial charge in [-0.15, -0.1) is 0 Å². The molecule has 0 aliphatic rings. The second-order valence-corrected chi connectivity index (χ2v) is 3.88. The van der Waals surface area contributed by atoms with E-state index in [2.05, 4.69) is 29.9 Å². The lowest BCUT2D eigenvalue weighted by molar-refractivity contribution is 0.869. The highest BCUT2D eigenvalue weighted by molar-refractivity contribution is 5.78. The third kappa shape index (κ3) is 2.57. The summed E-state index contributed by atoms with van der Waals surface area (Å²) < 4.78 is 0. The first-order valence-electron chi connectivity index (χ1n) is 5.91. The number of aromatic nitrogens is 2. The van der Waals surface area contributed by atoms with E-state index in [1.807, 2.05) is 39.1 Å². The first-order valence-corrected chi connectivity index (χ1v) is 5.91. The summed E-state index contributed by atoms with van der Waals surface area (Å²) in [5.41, 5.74) is 4.36. The zero-order valence-corrected chi connectivity index (χ0v) is 10.8. The van der Waals surface area contributed by atoms with Gasteiger partial charge in [-0.25, -0.2) is 0 Å². The van der Waals surface area contributed by atoms with Crippen LogP contribution in [0, 0.1) is 6.92 Å². The highest BCUT2D eigenvalue weighted by atomic mass is 14.8. The van der Waals surface area contributed by atoms with Crippen LogP contribution in [0.2, 0.25) is 0 Å². The Morgan fingerprint density at radius 1 is 1.06 bits per heavy atom. The van der Waals surface area contributed by atoms with Crippen LogP contribution < -0.4 is 0 Å². The molecule has 0 atom stereocenters. The van der Waals surface area contributed by atoms with Gasteiger partial charge in [-0.3, -0.25) is 9.97 Å². The van der Waals surface area contributed by atoms with Gasteiger partial charge in [0.2, 0.25) is 0 Å². The molecule has 0 amide bonds. The maximum absolute atomic E-state index is 4.53. The molecule has 16 heavy (non-hydrogen) atoms. The third-order valence-electron chi connectivity index (χ3n) is 2.38. The molecule has 2 aromatic rings. The molecule has 2 heterocycles. The fourth-order valence-corrected chi connectivity index (χ4v) is 1.61. The van der Waals surface area contributed by atoms with Crippen molar-refractivity contribution in [1.82, 2.24) is 9.97 Å². The predicted octanol–water partition coefficient (Wildman–Crippen LogP) is 4.09. The van der Waals surface area contributed by atoms with Gasteiger partial charge in [0.1, 0.15) is 0 Å². The second-order valence-electron chi connectivity index (χ2n) is 3.88. The summed E-state index contributed by atoms with van der Waals surface area (Å²) >= 11 is 0. The van der Waals surface area contributed by atoms with E-state index in [1.165, 1.54) is 5.56 Å². The summed E-state index contributed by atoms with van der Waals surface area (Å²) in [5, 5.41) is 0. The molecule has 0 fully saturated rings. The van der Waals surface area contributed by atoms with E-state index in [4.69, 9.17) is 0 Å². The Bertz CT molecular complexity index is 461. The standard InChI is InChI=1S/C12H14N2.C2H6/c1-8(2)10-6-7-13-11-5-4-9(3)14-12(10)11;1-2/h4-8H,1-3H3;1-2H3. The molecular formula is C14H20N2. The topological polar surface area (TPSA) is 25.8 Å². The smallest absolute Gasteiger partial charge is 0.0924 e. The first kappa shape index (κ1) is 12.6. The van der Waals surface area contributed by atoms with Gasteiger partial charge in [-0.1, -0.05) is 27.7 Å². The predicted molar refractivity (Wildman–Crippen MR) is 69.7 cm³/mol. The van der Waals surface area contributed by atoms with Crippen LogP contribution in [0.3, 0.4) is 0 Å². The van der Waals surface area contributed by atoms with E-state index in [9.17, 15) is 0 Å². The lowest BCUT2D eigenvalue weighted by Gasteiger charge is -2.08. The Hall–Kier alpha value is -1.44. The van der Waals surface area contributed by atoms with Crippen molar-refractivity contribution in [2.75, 3.05) is 0 Å². The Kier molecular flexibility index (Phi) is 4.41. The molecule has 0 saturated heterocycles. The number of hydrogen-bond acceptors (Lipinski definition) is 2. The van der Waals surface area contributed by atoms with Gasteiger partial charge in [0.25, 0.3) is 0 Å². The molecule has 0 N–H and O–H groups in total. The summed E-state index contributed by atoms with van der Waals surface area (Å²) in [7, 11) is 0. The van der Waals surface area contributed by atoms with Crippen molar-refractivity contribution in [2.45, 2.75) is 40.5 Å². The maximum Gasteiger partial charge on any atom is 0.0924 e. The molecule has 0 radical (unpaired) electrons. The molecule has 0 aliphatic heterocycles. The highest BCUT2D eigenvalue weighted by Crippen LogP contribution is 2.21. The van der Waals surface area contributed by atoms with Gasteiger partial charge in [0, 0.05) is 11.9 Å². The van der Waals surface area contributed by atoms with Gasteiger partial charge >= 0.3 is 0 Å². The summed E-state index contributed by atoms with van der Waals surface area (Å²) in [6.45, 7) is 10.4. The first-order chi connectivity index (χ1) is 7.68. The quantitative estimate of drug-likeness (QED) is 0.717. The zero-order valence-electron chi connectivity index (χ0n) is 10.8. The molecule has 2 rings (SSSR count). The molecule has 0 unspecified atom stereocenters. The molecule has 0 spiro atoms. The van der Waals surface area contributed by atoms with E-state index in [1.54, 1.807) is 0 Å². The van der Waals surface area contributed by atoms with E-state index in [-0.39, 0.29) is 0 Å². The normalized spacial score (nSPS) is 10.1. The molecule has 0 aromatic carbocycles. The number of hydrogen-bond donors (Lipinski definition) is 0. The molecule has 0 saturated carbocycles. The minimum absolute atomic E-state index is 0.495. The van der Waals surface area contributed by atoms with Crippen molar-refractivity contribution in [3.63, 3.8) is 0 Å². The monoisotopic (exact) mass is 216 g/mol. The molecule has 0 bridgehead atoms. The summed E-state index contributed by atoms with van der Waals surface area (Å²) in [6, 6.07) is 6.09. The average Bonchev–Trinajstić information content (AvgIpc) is 2.30. The SMILES string of the molecule is CC.Cc1ccc2nccc(C(C)C)c2n1.